The Morgan fingerprint density at radius 3 is 2.37 bits per heavy atom. The largest absolute Gasteiger partial charge is 0.497 e. The van der Waals surface area contributed by atoms with E-state index in [1.807, 2.05) is 44.2 Å². The topological polar surface area (TPSA) is 91.6 Å². The summed E-state index contributed by atoms with van der Waals surface area (Å²) in [4.78, 5) is 35.2. The van der Waals surface area contributed by atoms with Crippen LogP contribution in [0.1, 0.15) is 43.5 Å². The van der Waals surface area contributed by atoms with E-state index in [1.54, 1.807) is 67.0 Å². The fourth-order valence-electron chi connectivity index (χ4n) is 5.47. The SMILES string of the molecule is CCN(CC)C(=O)C1=C(C)N=c2s/c(=C/c3cc(Cl)c(OCc4ccccc4)c(OC)c3)c(=O)n2[C@H]1c1cc(OC)ccc1OC. The van der Waals surface area contributed by atoms with Crippen LogP contribution in [0.2, 0.25) is 5.02 Å². The summed E-state index contributed by atoms with van der Waals surface area (Å²) in [5, 5.41) is 0.344. The van der Waals surface area contributed by atoms with Crippen LogP contribution in [0.15, 0.2) is 81.7 Å². The monoisotopic (exact) mass is 661 g/mol. The van der Waals surface area contributed by atoms with E-state index in [1.165, 1.54) is 18.4 Å². The van der Waals surface area contributed by atoms with E-state index in [0.717, 1.165) is 5.56 Å². The third-order valence-corrected chi connectivity index (χ3v) is 9.07. The van der Waals surface area contributed by atoms with Gasteiger partial charge in [0.25, 0.3) is 11.5 Å². The van der Waals surface area contributed by atoms with E-state index >= 15 is 0 Å². The van der Waals surface area contributed by atoms with Crippen molar-refractivity contribution in [1.82, 2.24) is 9.47 Å². The lowest BCUT2D eigenvalue weighted by molar-refractivity contribution is -0.127. The van der Waals surface area contributed by atoms with Crippen molar-refractivity contribution in [2.75, 3.05) is 34.4 Å². The molecule has 0 aliphatic carbocycles. The molecule has 1 amide bonds. The maximum atomic E-state index is 14.3. The molecule has 1 atom stereocenters. The Bertz CT molecular complexity index is 1960. The Balaban J connectivity index is 1.65. The standard InChI is InChI=1S/C35H36ClN3O6S/c1-7-38(8-2)34(41)30-21(3)37-35-39(31(30)25-19-24(42-4)14-15-27(25)43-5)33(40)29(46-35)18-23-16-26(36)32(28(17-23)44-6)45-20-22-12-10-9-11-13-22/h9-19,31H,7-8,20H2,1-6H3/b29-18+/t31-/m0/s1. The van der Waals surface area contributed by atoms with Gasteiger partial charge in [0, 0.05) is 18.7 Å². The number of methoxy groups -OCH3 is 3. The van der Waals surface area contributed by atoms with Crippen LogP contribution in [0.4, 0.5) is 0 Å². The van der Waals surface area contributed by atoms with E-state index in [9.17, 15) is 9.59 Å². The van der Waals surface area contributed by atoms with E-state index in [-0.39, 0.29) is 11.5 Å². The first kappa shape index (κ1) is 32.8. The maximum Gasteiger partial charge on any atom is 0.271 e. The number of halogens is 1. The summed E-state index contributed by atoms with van der Waals surface area (Å²) in [6, 6.07) is 17.8. The highest BCUT2D eigenvalue weighted by atomic mass is 35.5. The number of allylic oxidation sites excluding steroid dienone is 1. The smallest absolute Gasteiger partial charge is 0.271 e. The first-order valence-corrected chi connectivity index (χ1v) is 16.0. The molecule has 4 aromatic rings. The second-order valence-electron chi connectivity index (χ2n) is 10.5. The number of fused-ring (bicyclic) bond motifs is 1. The minimum Gasteiger partial charge on any atom is -0.497 e. The fourth-order valence-corrected chi connectivity index (χ4v) is 6.79. The number of ether oxygens (including phenoxy) is 4. The Morgan fingerprint density at radius 2 is 1.72 bits per heavy atom. The van der Waals surface area contributed by atoms with Crippen LogP contribution in [0.3, 0.4) is 0 Å². The van der Waals surface area contributed by atoms with Gasteiger partial charge in [-0.15, -0.1) is 0 Å². The van der Waals surface area contributed by atoms with Gasteiger partial charge in [-0.1, -0.05) is 53.3 Å². The number of hydrogen-bond donors (Lipinski definition) is 0. The van der Waals surface area contributed by atoms with E-state index in [4.69, 9.17) is 35.5 Å². The highest BCUT2D eigenvalue weighted by Crippen LogP contribution is 2.39. The Hall–Kier alpha value is -4.54. The third-order valence-electron chi connectivity index (χ3n) is 7.81. The summed E-state index contributed by atoms with van der Waals surface area (Å²) in [5.74, 6) is 1.73. The number of amides is 1. The van der Waals surface area contributed by atoms with Gasteiger partial charge in [-0.25, -0.2) is 4.99 Å². The zero-order chi connectivity index (χ0) is 33.0. The van der Waals surface area contributed by atoms with E-state index in [0.29, 0.717) is 79.4 Å². The van der Waals surface area contributed by atoms with Gasteiger partial charge in [0.2, 0.25) is 0 Å². The molecule has 11 heteroatoms. The molecule has 240 valence electrons. The molecular formula is C35H36ClN3O6S. The molecule has 0 spiro atoms. The Morgan fingerprint density at radius 1 is 1.00 bits per heavy atom. The first-order chi connectivity index (χ1) is 22.2. The normalized spacial score (nSPS) is 14.4. The molecule has 0 unspecified atom stereocenters. The number of nitrogens with zero attached hydrogens (tertiary/aromatic N) is 3. The number of thiazole rings is 1. The van der Waals surface area contributed by atoms with Crippen molar-refractivity contribution in [3.63, 3.8) is 0 Å². The number of likely N-dealkylation sites (N-methyl/N-ethyl adjacent to an activating group) is 1. The van der Waals surface area contributed by atoms with Crippen molar-refractivity contribution in [1.29, 1.82) is 0 Å². The van der Waals surface area contributed by atoms with Gasteiger partial charge in [-0.3, -0.25) is 14.2 Å². The lowest BCUT2D eigenvalue weighted by atomic mass is 9.93. The van der Waals surface area contributed by atoms with Gasteiger partial charge >= 0.3 is 0 Å². The van der Waals surface area contributed by atoms with Crippen LogP contribution in [-0.2, 0) is 11.4 Å². The van der Waals surface area contributed by atoms with Crippen LogP contribution in [-0.4, -0.2) is 49.8 Å². The van der Waals surface area contributed by atoms with Gasteiger partial charge in [0.1, 0.15) is 24.1 Å². The van der Waals surface area contributed by atoms with Crippen LogP contribution < -0.4 is 33.8 Å². The highest BCUT2D eigenvalue weighted by Gasteiger charge is 2.36. The molecule has 0 radical (unpaired) electrons. The molecule has 1 aromatic heterocycles. The summed E-state index contributed by atoms with van der Waals surface area (Å²) in [5.41, 5.74) is 2.87. The molecule has 0 saturated heterocycles. The number of rotatable bonds is 11. The molecule has 0 fully saturated rings. The third kappa shape index (κ3) is 6.41. The molecule has 0 N–H and O–H groups in total. The Labute approximate surface area is 276 Å². The zero-order valence-corrected chi connectivity index (χ0v) is 28.2. The predicted molar refractivity (Wildman–Crippen MR) is 180 cm³/mol. The predicted octanol–water partition coefficient (Wildman–Crippen LogP) is 5.36. The van der Waals surface area contributed by atoms with Crippen molar-refractivity contribution in [3.05, 3.63) is 113 Å². The molecule has 0 bridgehead atoms. The number of aromatic nitrogens is 1. The van der Waals surface area contributed by atoms with Crippen molar-refractivity contribution in [2.24, 2.45) is 4.99 Å². The number of hydrogen-bond acceptors (Lipinski definition) is 8. The highest BCUT2D eigenvalue weighted by molar-refractivity contribution is 7.07. The average Bonchev–Trinajstić information content (AvgIpc) is 3.37. The van der Waals surface area contributed by atoms with Gasteiger partial charge in [-0.05, 0) is 68.3 Å². The van der Waals surface area contributed by atoms with Crippen molar-refractivity contribution >= 4 is 34.9 Å². The van der Waals surface area contributed by atoms with Gasteiger partial charge in [0.15, 0.2) is 16.3 Å². The molecule has 2 heterocycles. The lowest BCUT2D eigenvalue weighted by Gasteiger charge is -2.30. The number of carbonyl (C=O) groups excluding carboxylic acids is 1. The maximum absolute atomic E-state index is 14.3. The molecule has 9 nitrogen and oxygen atoms in total. The molecule has 5 rings (SSSR count). The van der Waals surface area contributed by atoms with Crippen molar-refractivity contribution < 1.29 is 23.7 Å². The first-order valence-electron chi connectivity index (χ1n) is 14.8. The van der Waals surface area contributed by atoms with Crippen LogP contribution >= 0.6 is 22.9 Å². The van der Waals surface area contributed by atoms with Gasteiger partial charge in [-0.2, -0.15) is 0 Å². The molecule has 3 aromatic carbocycles. The molecule has 0 saturated carbocycles. The molecular weight excluding hydrogens is 626 g/mol. The Kier molecular flexibility index (Phi) is 10.2. The molecule has 46 heavy (non-hydrogen) atoms. The lowest BCUT2D eigenvalue weighted by Crippen LogP contribution is -2.43. The summed E-state index contributed by atoms with van der Waals surface area (Å²) >= 11 is 7.91. The second kappa shape index (κ2) is 14.3. The minimum atomic E-state index is -0.802. The van der Waals surface area contributed by atoms with E-state index in [2.05, 4.69) is 0 Å². The quantitative estimate of drug-likeness (QED) is 0.215. The van der Waals surface area contributed by atoms with Crippen molar-refractivity contribution in [2.45, 2.75) is 33.4 Å². The molecule has 1 aliphatic heterocycles. The number of benzene rings is 3. The summed E-state index contributed by atoms with van der Waals surface area (Å²) in [7, 11) is 4.66. The fraction of sp³-hybridized carbons (Fsp3) is 0.286. The van der Waals surface area contributed by atoms with Crippen LogP contribution in [0.25, 0.3) is 6.08 Å². The zero-order valence-electron chi connectivity index (χ0n) is 26.6. The summed E-state index contributed by atoms with van der Waals surface area (Å²) < 4.78 is 24.9. The van der Waals surface area contributed by atoms with Gasteiger partial charge in [0.05, 0.1) is 42.2 Å². The van der Waals surface area contributed by atoms with Gasteiger partial charge < -0.3 is 23.8 Å². The summed E-state index contributed by atoms with van der Waals surface area (Å²) in [6.45, 7) is 6.97. The number of carbonyl (C=O) groups is 1. The van der Waals surface area contributed by atoms with Crippen molar-refractivity contribution in [3.8, 4) is 23.0 Å². The van der Waals surface area contributed by atoms with Crippen LogP contribution in [0.5, 0.6) is 23.0 Å². The van der Waals surface area contributed by atoms with E-state index < -0.39 is 6.04 Å². The van der Waals surface area contributed by atoms with Crippen LogP contribution in [0, 0.1) is 0 Å². The summed E-state index contributed by atoms with van der Waals surface area (Å²) in [6.07, 6.45) is 1.74. The second-order valence-corrected chi connectivity index (χ2v) is 11.9. The minimum absolute atomic E-state index is 0.196. The molecule has 1 aliphatic rings. The average molecular weight is 662 g/mol.